The monoisotopic (exact) mass is 336 g/mol. The highest BCUT2D eigenvalue weighted by molar-refractivity contribution is 5.99. The number of nitrogens with zero attached hydrogens (tertiary/aromatic N) is 3. The third-order valence-corrected chi connectivity index (χ3v) is 3.72. The minimum Gasteiger partial charge on any atom is -0.447 e. The molecule has 1 amide bonds. The number of oxazole rings is 1. The van der Waals surface area contributed by atoms with Gasteiger partial charge in [-0.2, -0.15) is 0 Å². The highest BCUT2D eigenvalue weighted by Gasteiger charge is 2.19. The number of benzene rings is 1. The molecule has 0 saturated carbocycles. The summed E-state index contributed by atoms with van der Waals surface area (Å²) in [4.78, 5) is 25.2. The summed E-state index contributed by atoms with van der Waals surface area (Å²) in [5, 5.41) is 2.81. The minimum absolute atomic E-state index is 0.0977. The van der Waals surface area contributed by atoms with Crippen molar-refractivity contribution in [2.45, 2.75) is 32.7 Å². The van der Waals surface area contributed by atoms with Crippen LogP contribution in [0.25, 0.3) is 11.3 Å². The van der Waals surface area contributed by atoms with Gasteiger partial charge in [0.25, 0.3) is 5.91 Å². The first-order chi connectivity index (χ1) is 11.9. The van der Waals surface area contributed by atoms with Crippen molar-refractivity contribution in [3.8, 4) is 11.3 Å². The Labute approximate surface area is 146 Å². The quantitative estimate of drug-likeness (QED) is 0.790. The van der Waals surface area contributed by atoms with Gasteiger partial charge in [0.2, 0.25) is 5.89 Å². The van der Waals surface area contributed by atoms with Gasteiger partial charge in [-0.3, -0.25) is 4.79 Å². The molecular formula is C19H20N4O2. The Morgan fingerprint density at radius 2 is 1.96 bits per heavy atom. The van der Waals surface area contributed by atoms with Gasteiger partial charge in [0, 0.05) is 17.2 Å². The summed E-state index contributed by atoms with van der Waals surface area (Å²) in [6.07, 6.45) is 4.58. The van der Waals surface area contributed by atoms with Gasteiger partial charge in [-0.1, -0.05) is 51.1 Å². The van der Waals surface area contributed by atoms with Crippen LogP contribution in [-0.4, -0.2) is 20.9 Å². The Bertz CT molecular complexity index is 866. The second-order valence-corrected chi connectivity index (χ2v) is 6.71. The van der Waals surface area contributed by atoms with Crippen molar-refractivity contribution >= 4 is 5.91 Å². The topological polar surface area (TPSA) is 80.9 Å². The second-order valence-electron chi connectivity index (χ2n) is 6.71. The SMILES string of the molecule is CC(C)(C)c1coc(CNC(=O)c2cncnc2-c2ccccc2)n1. The Morgan fingerprint density at radius 1 is 1.20 bits per heavy atom. The first kappa shape index (κ1) is 16.8. The van der Waals surface area contributed by atoms with E-state index in [1.165, 1.54) is 12.5 Å². The van der Waals surface area contributed by atoms with Crippen LogP contribution in [0.3, 0.4) is 0 Å². The molecule has 0 aliphatic carbocycles. The normalized spacial score (nSPS) is 11.3. The van der Waals surface area contributed by atoms with E-state index in [0.717, 1.165) is 11.3 Å². The average Bonchev–Trinajstić information content (AvgIpc) is 3.10. The molecule has 0 bridgehead atoms. The summed E-state index contributed by atoms with van der Waals surface area (Å²) < 4.78 is 5.44. The van der Waals surface area contributed by atoms with Gasteiger partial charge < -0.3 is 9.73 Å². The molecule has 0 fully saturated rings. The molecule has 6 nitrogen and oxygen atoms in total. The van der Waals surface area contributed by atoms with Crippen molar-refractivity contribution in [1.29, 1.82) is 0 Å². The summed E-state index contributed by atoms with van der Waals surface area (Å²) in [7, 11) is 0. The molecule has 3 aromatic rings. The summed E-state index contributed by atoms with van der Waals surface area (Å²) in [5.41, 5.74) is 2.62. The van der Waals surface area contributed by atoms with E-state index in [0.29, 0.717) is 17.1 Å². The third-order valence-electron chi connectivity index (χ3n) is 3.72. The van der Waals surface area contributed by atoms with E-state index in [1.807, 2.05) is 30.3 Å². The lowest BCUT2D eigenvalue weighted by molar-refractivity contribution is 0.0947. The fourth-order valence-electron chi connectivity index (χ4n) is 2.31. The van der Waals surface area contributed by atoms with Gasteiger partial charge in [-0.25, -0.2) is 15.0 Å². The molecule has 0 unspecified atom stereocenters. The lowest BCUT2D eigenvalue weighted by Crippen LogP contribution is -2.24. The highest BCUT2D eigenvalue weighted by atomic mass is 16.3. The van der Waals surface area contributed by atoms with Gasteiger partial charge >= 0.3 is 0 Å². The lowest BCUT2D eigenvalue weighted by atomic mass is 9.93. The van der Waals surface area contributed by atoms with Crippen LogP contribution >= 0.6 is 0 Å². The van der Waals surface area contributed by atoms with Gasteiger partial charge in [0.15, 0.2) is 0 Å². The van der Waals surface area contributed by atoms with E-state index in [-0.39, 0.29) is 17.9 Å². The fourth-order valence-corrected chi connectivity index (χ4v) is 2.31. The molecule has 128 valence electrons. The lowest BCUT2D eigenvalue weighted by Gasteiger charge is -2.13. The molecular weight excluding hydrogens is 316 g/mol. The Hall–Kier alpha value is -3.02. The van der Waals surface area contributed by atoms with Crippen LogP contribution in [0.5, 0.6) is 0 Å². The number of hydrogen-bond acceptors (Lipinski definition) is 5. The maximum absolute atomic E-state index is 12.6. The predicted molar refractivity (Wildman–Crippen MR) is 93.8 cm³/mol. The van der Waals surface area contributed by atoms with E-state index in [9.17, 15) is 4.79 Å². The van der Waals surface area contributed by atoms with E-state index in [4.69, 9.17) is 4.42 Å². The number of nitrogens with one attached hydrogen (secondary N) is 1. The molecule has 1 aromatic carbocycles. The predicted octanol–water partition coefficient (Wildman–Crippen LogP) is 3.36. The Balaban J connectivity index is 1.75. The van der Waals surface area contributed by atoms with Crippen molar-refractivity contribution < 1.29 is 9.21 Å². The van der Waals surface area contributed by atoms with Crippen molar-refractivity contribution in [2.75, 3.05) is 0 Å². The van der Waals surface area contributed by atoms with Crippen molar-refractivity contribution in [1.82, 2.24) is 20.3 Å². The largest absolute Gasteiger partial charge is 0.447 e. The zero-order chi connectivity index (χ0) is 17.9. The van der Waals surface area contributed by atoms with Crippen molar-refractivity contribution in [3.05, 3.63) is 66.3 Å². The number of aromatic nitrogens is 3. The van der Waals surface area contributed by atoms with Crippen molar-refractivity contribution in [2.24, 2.45) is 0 Å². The molecule has 0 saturated heterocycles. The molecule has 6 heteroatoms. The third kappa shape index (κ3) is 3.91. The van der Waals surface area contributed by atoms with E-state index in [2.05, 4.69) is 41.0 Å². The first-order valence-corrected chi connectivity index (χ1v) is 8.03. The molecule has 2 aromatic heterocycles. The van der Waals surface area contributed by atoms with Crippen LogP contribution in [0, 0.1) is 0 Å². The van der Waals surface area contributed by atoms with Gasteiger partial charge in [-0.05, 0) is 0 Å². The molecule has 0 radical (unpaired) electrons. The van der Waals surface area contributed by atoms with Crippen LogP contribution in [-0.2, 0) is 12.0 Å². The highest BCUT2D eigenvalue weighted by Crippen LogP contribution is 2.22. The van der Waals surface area contributed by atoms with Gasteiger partial charge in [-0.15, -0.1) is 0 Å². The summed E-state index contributed by atoms with van der Waals surface area (Å²) in [6.45, 7) is 6.38. The van der Waals surface area contributed by atoms with Crippen molar-refractivity contribution in [3.63, 3.8) is 0 Å². The number of rotatable bonds is 4. The molecule has 3 rings (SSSR count). The Morgan fingerprint density at radius 3 is 2.64 bits per heavy atom. The van der Waals surface area contributed by atoms with E-state index < -0.39 is 0 Å². The molecule has 0 aliphatic heterocycles. The second kappa shape index (κ2) is 6.84. The summed E-state index contributed by atoms with van der Waals surface area (Å²) >= 11 is 0. The molecule has 0 atom stereocenters. The molecule has 25 heavy (non-hydrogen) atoms. The molecule has 0 aliphatic rings. The maximum atomic E-state index is 12.6. The average molecular weight is 336 g/mol. The van der Waals surface area contributed by atoms with Crippen LogP contribution in [0.2, 0.25) is 0 Å². The van der Waals surface area contributed by atoms with E-state index >= 15 is 0 Å². The molecule has 2 heterocycles. The molecule has 0 spiro atoms. The fraction of sp³-hybridized carbons (Fsp3) is 0.263. The van der Waals surface area contributed by atoms with Gasteiger partial charge in [0.05, 0.1) is 23.5 Å². The standard InChI is InChI=1S/C19H20N4O2/c1-19(2,3)15-11-25-16(23-15)10-21-18(24)14-9-20-12-22-17(14)13-7-5-4-6-8-13/h4-9,11-12H,10H2,1-3H3,(H,21,24). The number of hydrogen-bond donors (Lipinski definition) is 1. The number of carbonyl (C=O) groups is 1. The maximum Gasteiger partial charge on any atom is 0.255 e. The number of amides is 1. The van der Waals surface area contributed by atoms with Gasteiger partial charge in [0.1, 0.15) is 12.6 Å². The van der Waals surface area contributed by atoms with Crippen LogP contribution < -0.4 is 5.32 Å². The zero-order valence-corrected chi connectivity index (χ0v) is 14.5. The minimum atomic E-state index is -0.269. The zero-order valence-electron chi connectivity index (χ0n) is 14.5. The Kier molecular flexibility index (Phi) is 4.61. The van der Waals surface area contributed by atoms with E-state index in [1.54, 1.807) is 6.26 Å². The molecule has 1 N–H and O–H groups in total. The summed E-state index contributed by atoms with van der Waals surface area (Å²) in [5.74, 6) is 0.200. The first-order valence-electron chi connectivity index (χ1n) is 8.03. The number of carbonyl (C=O) groups excluding carboxylic acids is 1. The smallest absolute Gasteiger partial charge is 0.255 e. The van der Waals surface area contributed by atoms with Crippen LogP contribution in [0.15, 0.2) is 53.5 Å². The van der Waals surface area contributed by atoms with Crippen LogP contribution in [0.1, 0.15) is 42.7 Å². The summed E-state index contributed by atoms with van der Waals surface area (Å²) in [6, 6.07) is 9.53. The van der Waals surface area contributed by atoms with Crippen LogP contribution in [0.4, 0.5) is 0 Å².